The largest absolute Gasteiger partial charge is 0.417 e. The van der Waals surface area contributed by atoms with Gasteiger partial charge >= 0.3 is 6.18 Å². The molecule has 1 rings (SSSR count). The first-order valence-corrected chi connectivity index (χ1v) is 5.83. The van der Waals surface area contributed by atoms with E-state index in [1.165, 1.54) is 6.20 Å². The van der Waals surface area contributed by atoms with Crippen molar-refractivity contribution in [2.45, 2.75) is 19.5 Å². The van der Waals surface area contributed by atoms with Crippen LogP contribution >= 0.6 is 15.9 Å². The van der Waals surface area contributed by atoms with Crippen LogP contribution in [0.3, 0.4) is 0 Å². The molecule has 0 aromatic carbocycles. The van der Waals surface area contributed by atoms with Crippen LogP contribution in [0.2, 0.25) is 0 Å². The van der Waals surface area contributed by atoms with Crippen LogP contribution in [0, 0.1) is 0 Å². The van der Waals surface area contributed by atoms with Crippen molar-refractivity contribution in [3.8, 4) is 0 Å². The zero-order valence-corrected chi connectivity index (χ0v) is 10.3. The van der Waals surface area contributed by atoms with Gasteiger partial charge in [0.2, 0.25) is 0 Å². The highest BCUT2D eigenvalue weighted by Gasteiger charge is 2.33. The molecule has 0 saturated carbocycles. The zero-order valence-electron chi connectivity index (χ0n) is 8.68. The van der Waals surface area contributed by atoms with Gasteiger partial charge in [0.1, 0.15) is 0 Å². The number of aromatic nitrogens is 1. The van der Waals surface area contributed by atoms with E-state index in [4.69, 9.17) is 0 Å². The summed E-state index contributed by atoms with van der Waals surface area (Å²) in [4.78, 5) is 3.74. The Kier molecular flexibility index (Phi) is 4.53. The lowest BCUT2D eigenvalue weighted by molar-refractivity contribution is -0.137. The molecule has 0 spiro atoms. The van der Waals surface area contributed by atoms with E-state index in [1.807, 2.05) is 0 Å². The third kappa shape index (κ3) is 3.33. The number of hydrogen-bond acceptors (Lipinski definition) is 1. The Morgan fingerprint density at radius 1 is 1.50 bits per heavy atom. The molecule has 0 radical (unpaired) electrons. The van der Waals surface area contributed by atoms with Crippen LogP contribution in [-0.2, 0) is 6.18 Å². The first-order valence-electron chi connectivity index (χ1n) is 4.71. The topological polar surface area (TPSA) is 12.9 Å². The van der Waals surface area contributed by atoms with Crippen LogP contribution in [0.25, 0.3) is 5.57 Å². The second-order valence-corrected chi connectivity index (χ2v) is 4.08. The van der Waals surface area contributed by atoms with E-state index >= 15 is 0 Å². The normalized spacial score (nSPS) is 12.9. The molecular formula is C11H11BrF3N. The minimum absolute atomic E-state index is 0.149. The van der Waals surface area contributed by atoms with Crippen LogP contribution in [0.4, 0.5) is 13.2 Å². The van der Waals surface area contributed by atoms with Gasteiger partial charge in [0.15, 0.2) is 0 Å². The SMILES string of the molecule is C/C(=C/CCBr)c1cnccc1C(F)(F)F. The fraction of sp³-hybridized carbons (Fsp3) is 0.364. The van der Waals surface area contributed by atoms with Crippen LogP contribution < -0.4 is 0 Å². The van der Waals surface area contributed by atoms with E-state index in [9.17, 15) is 13.2 Å². The van der Waals surface area contributed by atoms with Crippen molar-refractivity contribution >= 4 is 21.5 Å². The average Bonchev–Trinajstić information content (AvgIpc) is 2.24. The van der Waals surface area contributed by atoms with Gasteiger partial charge in [-0.25, -0.2) is 0 Å². The monoisotopic (exact) mass is 293 g/mol. The molecule has 0 atom stereocenters. The lowest BCUT2D eigenvalue weighted by atomic mass is 10.0. The van der Waals surface area contributed by atoms with Crippen molar-refractivity contribution in [1.29, 1.82) is 0 Å². The van der Waals surface area contributed by atoms with E-state index in [1.54, 1.807) is 13.0 Å². The van der Waals surface area contributed by atoms with Crippen molar-refractivity contribution in [1.82, 2.24) is 4.98 Å². The highest BCUT2D eigenvalue weighted by Crippen LogP contribution is 2.34. The Labute approximate surface area is 101 Å². The summed E-state index contributed by atoms with van der Waals surface area (Å²) in [5.41, 5.74) is 0.113. The summed E-state index contributed by atoms with van der Waals surface area (Å²) < 4.78 is 38.0. The summed E-state index contributed by atoms with van der Waals surface area (Å²) >= 11 is 3.23. The molecule has 0 aliphatic heterocycles. The molecule has 1 heterocycles. The van der Waals surface area contributed by atoms with E-state index in [0.717, 1.165) is 17.6 Å². The lowest BCUT2D eigenvalue weighted by Crippen LogP contribution is -2.08. The highest BCUT2D eigenvalue weighted by molar-refractivity contribution is 9.09. The lowest BCUT2D eigenvalue weighted by Gasteiger charge is -2.12. The standard InChI is InChI=1S/C11H11BrF3N/c1-8(3-2-5-12)9-7-16-6-4-10(9)11(13,14)15/h3-4,6-7H,2,5H2,1H3/b8-3-. The molecule has 0 N–H and O–H groups in total. The predicted octanol–water partition coefficient (Wildman–Crippen LogP) is 4.29. The van der Waals surface area contributed by atoms with Gasteiger partial charge in [-0.15, -0.1) is 0 Å². The molecule has 0 aliphatic rings. The second kappa shape index (κ2) is 5.48. The molecule has 0 fully saturated rings. The van der Waals surface area contributed by atoms with E-state index < -0.39 is 11.7 Å². The first kappa shape index (κ1) is 13.2. The van der Waals surface area contributed by atoms with Crippen molar-refractivity contribution in [2.24, 2.45) is 0 Å². The van der Waals surface area contributed by atoms with Gasteiger partial charge in [0, 0.05) is 23.3 Å². The number of alkyl halides is 4. The van der Waals surface area contributed by atoms with Crippen LogP contribution in [0.15, 0.2) is 24.5 Å². The predicted molar refractivity (Wildman–Crippen MR) is 61.3 cm³/mol. The third-order valence-electron chi connectivity index (χ3n) is 2.11. The smallest absolute Gasteiger partial charge is 0.264 e. The second-order valence-electron chi connectivity index (χ2n) is 3.28. The van der Waals surface area contributed by atoms with Crippen LogP contribution in [-0.4, -0.2) is 10.3 Å². The summed E-state index contributed by atoms with van der Waals surface area (Å²) in [6, 6.07) is 1.00. The quantitative estimate of drug-likeness (QED) is 0.758. The molecule has 16 heavy (non-hydrogen) atoms. The van der Waals surface area contributed by atoms with Gasteiger partial charge in [-0.05, 0) is 25.0 Å². The highest BCUT2D eigenvalue weighted by atomic mass is 79.9. The Hall–Kier alpha value is -0.840. The molecule has 1 nitrogen and oxygen atoms in total. The number of allylic oxidation sites excluding steroid dienone is 2. The number of hydrogen-bond donors (Lipinski definition) is 0. The number of pyridine rings is 1. The minimum Gasteiger partial charge on any atom is -0.264 e. The molecule has 0 bridgehead atoms. The molecule has 0 unspecified atom stereocenters. The Morgan fingerprint density at radius 2 is 2.19 bits per heavy atom. The minimum atomic E-state index is -4.33. The fourth-order valence-corrected chi connectivity index (χ4v) is 1.57. The van der Waals surface area contributed by atoms with Gasteiger partial charge in [0.25, 0.3) is 0 Å². The van der Waals surface area contributed by atoms with Crippen molar-refractivity contribution in [2.75, 3.05) is 5.33 Å². The van der Waals surface area contributed by atoms with Crippen LogP contribution in [0.1, 0.15) is 24.5 Å². The van der Waals surface area contributed by atoms with E-state index in [0.29, 0.717) is 12.0 Å². The molecule has 5 heteroatoms. The summed E-state index contributed by atoms with van der Waals surface area (Å²) in [5, 5.41) is 0.728. The summed E-state index contributed by atoms with van der Waals surface area (Å²) in [7, 11) is 0. The van der Waals surface area contributed by atoms with Gasteiger partial charge in [-0.2, -0.15) is 13.2 Å². The van der Waals surface area contributed by atoms with E-state index in [-0.39, 0.29) is 5.56 Å². The summed E-state index contributed by atoms with van der Waals surface area (Å²) in [6.07, 6.45) is 0.535. The molecule has 1 aromatic rings. The number of halogens is 4. The maximum atomic E-state index is 12.7. The summed E-state index contributed by atoms with van der Waals surface area (Å²) in [5.74, 6) is 0. The molecular weight excluding hydrogens is 283 g/mol. The zero-order chi connectivity index (χ0) is 12.2. The van der Waals surface area contributed by atoms with Gasteiger partial charge in [-0.3, -0.25) is 4.98 Å². The Balaban J connectivity index is 3.14. The molecule has 0 amide bonds. The molecule has 0 aliphatic carbocycles. The van der Waals surface area contributed by atoms with Gasteiger partial charge in [-0.1, -0.05) is 22.0 Å². The number of nitrogens with zero attached hydrogens (tertiary/aromatic N) is 1. The maximum Gasteiger partial charge on any atom is 0.417 e. The maximum absolute atomic E-state index is 12.7. The fourth-order valence-electron chi connectivity index (χ4n) is 1.34. The Bertz CT molecular complexity index is 385. The van der Waals surface area contributed by atoms with Crippen molar-refractivity contribution < 1.29 is 13.2 Å². The molecule has 88 valence electrons. The van der Waals surface area contributed by atoms with E-state index in [2.05, 4.69) is 20.9 Å². The van der Waals surface area contributed by atoms with Gasteiger partial charge < -0.3 is 0 Å². The van der Waals surface area contributed by atoms with Gasteiger partial charge in [0.05, 0.1) is 5.56 Å². The van der Waals surface area contributed by atoms with Crippen molar-refractivity contribution in [3.05, 3.63) is 35.7 Å². The average molecular weight is 294 g/mol. The number of rotatable bonds is 3. The Morgan fingerprint density at radius 3 is 2.75 bits per heavy atom. The van der Waals surface area contributed by atoms with Crippen molar-refractivity contribution in [3.63, 3.8) is 0 Å². The first-order chi connectivity index (χ1) is 7.46. The third-order valence-corrected chi connectivity index (χ3v) is 2.57. The van der Waals surface area contributed by atoms with Crippen LogP contribution in [0.5, 0.6) is 0 Å². The molecule has 0 saturated heterocycles. The molecule has 1 aromatic heterocycles. The summed E-state index contributed by atoms with van der Waals surface area (Å²) in [6.45, 7) is 1.66.